The van der Waals surface area contributed by atoms with E-state index in [1.165, 1.54) is 6.39 Å². The number of amides is 3. The van der Waals surface area contributed by atoms with Crippen LogP contribution in [0.15, 0.2) is 89.8 Å². The summed E-state index contributed by atoms with van der Waals surface area (Å²) in [5.41, 5.74) is 3.59. The Bertz CT molecular complexity index is 1670. The number of hydrogen-bond donors (Lipinski definition) is 4. The Hall–Kier alpha value is -5.57. The van der Waals surface area contributed by atoms with Crippen molar-refractivity contribution in [1.82, 2.24) is 15.2 Å². The standard InChI is InChI=1S/C33H39N5O5.C2HF3O2/c1-5-16-38(23(2)3)21-31(25-11-7-6-8-12-25)43-33(40)35-19-24-10-9-13-26(17-24)36-32(39)37-27-14-15-28(29(18-27)41-4)30-20-34-22-42-30;3-2(4,5)1(6)7/h6-15,17-18,20,22-23,31H,5,16,19,21H2,1-4H3,(H,35,40)(H2,36,37,39);(H,6,7)/t31-;/m1./s1. The minimum atomic E-state index is -5.08. The summed E-state index contributed by atoms with van der Waals surface area (Å²) < 4.78 is 48.4. The van der Waals surface area contributed by atoms with E-state index in [0.717, 1.165) is 29.7 Å². The predicted molar refractivity (Wildman–Crippen MR) is 181 cm³/mol. The smallest absolute Gasteiger partial charge is 0.490 e. The summed E-state index contributed by atoms with van der Waals surface area (Å²) in [5.74, 6) is -1.66. The van der Waals surface area contributed by atoms with E-state index < -0.39 is 30.4 Å². The van der Waals surface area contributed by atoms with E-state index in [1.807, 2.05) is 42.5 Å². The van der Waals surface area contributed by atoms with Crippen molar-refractivity contribution in [3.05, 3.63) is 96.5 Å². The monoisotopic (exact) mass is 699 g/mol. The maximum atomic E-state index is 12.9. The lowest BCUT2D eigenvalue weighted by Gasteiger charge is -2.30. The first-order chi connectivity index (χ1) is 23.8. The van der Waals surface area contributed by atoms with Gasteiger partial charge < -0.3 is 34.9 Å². The van der Waals surface area contributed by atoms with Crippen LogP contribution in [0.25, 0.3) is 11.3 Å². The minimum absolute atomic E-state index is 0.237. The van der Waals surface area contributed by atoms with Gasteiger partial charge in [-0.1, -0.05) is 49.4 Å². The van der Waals surface area contributed by atoms with Crippen molar-refractivity contribution in [3.63, 3.8) is 0 Å². The minimum Gasteiger partial charge on any atom is -0.496 e. The van der Waals surface area contributed by atoms with Gasteiger partial charge in [0.1, 0.15) is 11.9 Å². The van der Waals surface area contributed by atoms with Crippen LogP contribution in [0, 0.1) is 0 Å². The number of benzene rings is 3. The molecule has 268 valence electrons. The molecule has 3 aromatic carbocycles. The third kappa shape index (κ3) is 12.5. The molecule has 0 bridgehead atoms. The number of methoxy groups -OCH3 is 1. The van der Waals surface area contributed by atoms with Crippen molar-refractivity contribution in [1.29, 1.82) is 0 Å². The number of carboxylic acid groups (broad SMARTS) is 1. The first-order valence-corrected chi connectivity index (χ1v) is 15.6. The van der Waals surface area contributed by atoms with E-state index in [1.54, 1.807) is 43.6 Å². The highest BCUT2D eigenvalue weighted by Gasteiger charge is 2.38. The van der Waals surface area contributed by atoms with Crippen LogP contribution in [0.3, 0.4) is 0 Å². The Morgan fingerprint density at radius 2 is 1.66 bits per heavy atom. The molecule has 4 aromatic rings. The molecule has 4 N–H and O–H groups in total. The van der Waals surface area contributed by atoms with Crippen molar-refractivity contribution in [2.75, 3.05) is 30.8 Å². The number of oxazole rings is 1. The molecule has 0 fully saturated rings. The number of ether oxygens (including phenoxy) is 2. The summed E-state index contributed by atoms with van der Waals surface area (Å²) in [7, 11) is 1.54. The first kappa shape index (κ1) is 38.9. The summed E-state index contributed by atoms with van der Waals surface area (Å²) >= 11 is 0. The number of alkyl halides is 3. The van der Waals surface area contributed by atoms with Crippen molar-refractivity contribution in [3.8, 4) is 17.1 Å². The van der Waals surface area contributed by atoms with Crippen LogP contribution in [0.1, 0.15) is 44.4 Å². The molecule has 0 aliphatic carbocycles. The van der Waals surface area contributed by atoms with E-state index in [2.05, 4.69) is 46.6 Å². The van der Waals surface area contributed by atoms with Crippen LogP contribution in [0.2, 0.25) is 0 Å². The second kappa shape index (κ2) is 18.8. The van der Waals surface area contributed by atoms with Crippen molar-refractivity contribution >= 4 is 29.5 Å². The van der Waals surface area contributed by atoms with Crippen molar-refractivity contribution in [2.24, 2.45) is 0 Å². The number of halogens is 3. The van der Waals surface area contributed by atoms with Crippen molar-refractivity contribution in [2.45, 2.75) is 52.1 Å². The van der Waals surface area contributed by atoms with Gasteiger partial charge >= 0.3 is 24.3 Å². The average molecular weight is 700 g/mol. The Balaban J connectivity index is 0.000000872. The highest BCUT2D eigenvalue weighted by molar-refractivity contribution is 6.00. The van der Waals surface area contributed by atoms with Crippen LogP contribution in [0.4, 0.5) is 34.1 Å². The number of rotatable bonds is 13. The summed E-state index contributed by atoms with van der Waals surface area (Å²) in [4.78, 5) is 40.7. The Labute approximate surface area is 287 Å². The molecule has 0 saturated carbocycles. The number of urea groups is 1. The Morgan fingerprint density at radius 3 is 2.24 bits per heavy atom. The van der Waals surface area contributed by atoms with E-state index >= 15 is 0 Å². The molecule has 0 spiro atoms. The summed E-state index contributed by atoms with van der Waals surface area (Å²) in [6, 6.07) is 22.2. The number of hydrogen-bond acceptors (Lipinski definition) is 8. The number of nitrogens with zero attached hydrogens (tertiary/aromatic N) is 2. The van der Waals surface area contributed by atoms with Gasteiger partial charge in [-0.15, -0.1) is 0 Å². The number of carbonyl (C=O) groups is 3. The van der Waals surface area contributed by atoms with Gasteiger partial charge in [-0.3, -0.25) is 4.90 Å². The van der Waals surface area contributed by atoms with Crippen LogP contribution in [-0.2, 0) is 16.1 Å². The molecule has 0 saturated heterocycles. The molecule has 12 nitrogen and oxygen atoms in total. The Kier molecular flexibility index (Phi) is 14.6. The third-order valence-electron chi connectivity index (χ3n) is 7.08. The van der Waals surface area contributed by atoms with E-state index in [9.17, 15) is 22.8 Å². The summed E-state index contributed by atoms with van der Waals surface area (Å²) in [6.45, 7) is 8.19. The molecule has 0 unspecified atom stereocenters. The number of nitrogens with one attached hydrogen (secondary N) is 3. The second-order valence-electron chi connectivity index (χ2n) is 11.1. The second-order valence-corrected chi connectivity index (χ2v) is 11.1. The van der Waals surface area contributed by atoms with Gasteiger partial charge in [0.25, 0.3) is 0 Å². The van der Waals surface area contributed by atoms with Gasteiger partial charge in [-0.25, -0.2) is 19.4 Å². The van der Waals surface area contributed by atoms with Crippen LogP contribution in [0.5, 0.6) is 5.75 Å². The fourth-order valence-corrected chi connectivity index (χ4v) is 4.66. The van der Waals surface area contributed by atoms with Gasteiger partial charge in [-0.05, 0) is 62.2 Å². The van der Waals surface area contributed by atoms with E-state index in [4.69, 9.17) is 23.8 Å². The molecule has 50 heavy (non-hydrogen) atoms. The van der Waals surface area contributed by atoms with E-state index in [-0.39, 0.29) is 6.54 Å². The number of anilines is 2. The third-order valence-corrected chi connectivity index (χ3v) is 7.08. The zero-order valence-electron chi connectivity index (χ0n) is 28.0. The molecule has 3 amide bonds. The molecule has 0 aliphatic rings. The van der Waals surface area contributed by atoms with Crippen LogP contribution in [-0.4, -0.2) is 65.5 Å². The molecule has 1 atom stereocenters. The van der Waals surface area contributed by atoms with E-state index in [0.29, 0.717) is 35.5 Å². The summed E-state index contributed by atoms with van der Waals surface area (Å²) in [5, 5.41) is 15.6. The van der Waals surface area contributed by atoms with Crippen LogP contribution < -0.4 is 20.7 Å². The molecular formula is C35H40F3N5O7. The molecule has 1 aromatic heterocycles. The van der Waals surface area contributed by atoms with Gasteiger partial charge in [0.05, 0.1) is 18.9 Å². The molecule has 0 aliphatic heterocycles. The zero-order valence-corrected chi connectivity index (χ0v) is 28.0. The van der Waals surface area contributed by atoms with Crippen LogP contribution >= 0.6 is 0 Å². The van der Waals surface area contributed by atoms with Gasteiger partial charge in [0, 0.05) is 36.6 Å². The topological polar surface area (TPSA) is 155 Å². The lowest BCUT2D eigenvalue weighted by atomic mass is 10.1. The van der Waals surface area contributed by atoms with Gasteiger partial charge in [-0.2, -0.15) is 13.2 Å². The lowest BCUT2D eigenvalue weighted by molar-refractivity contribution is -0.192. The quantitative estimate of drug-likeness (QED) is 0.110. The van der Waals surface area contributed by atoms with Gasteiger partial charge in [0.15, 0.2) is 12.2 Å². The zero-order chi connectivity index (χ0) is 36.7. The lowest BCUT2D eigenvalue weighted by Crippen LogP contribution is -2.37. The largest absolute Gasteiger partial charge is 0.496 e. The maximum absolute atomic E-state index is 12.9. The Morgan fingerprint density at radius 1 is 0.980 bits per heavy atom. The SMILES string of the molecule is CCCN(C[C@@H](OC(=O)NCc1cccc(NC(=O)Nc2ccc(-c3cnco3)c(OC)c2)c1)c1ccccc1)C(C)C.O=C(O)C(F)(F)F. The molecule has 15 heteroatoms. The number of carboxylic acids is 1. The molecule has 4 rings (SSSR count). The molecule has 1 heterocycles. The fourth-order valence-electron chi connectivity index (χ4n) is 4.66. The number of aliphatic carboxylic acids is 1. The summed E-state index contributed by atoms with van der Waals surface area (Å²) in [6.07, 6.45) is -2.05. The maximum Gasteiger partial charge on any atom is 0.490 e. The average Bonchev–Trinajstić information content (AvgIpc) is 3.62. The fraction of sp³-hybridized carbons (Fsp3) is 0.314. The van der Waals surface area contributed by atoms with Crippen molar-refractivity contribution < 1.29 is 46.6 Å². The number of carbonyl (C=O) groups excluding carboxylic acids is 2. The molecule has 0 radical (unpaired) electrons. The number of alkyl carbamates (subject to hydrolysis) is 1. The van der Waals surface area contributed by atoms with Gasteiger partial charge in [0.2, 0.25) is 0 Å². The highest BCUT2D eigenvalue weighted by atomic mass is 19.4. The normalized spacial score (nSPS) is 11.6. The highest BCUT2D eigenvalue weighted by Crippen LogP contribution is 2.32. The molecular weight excluding hydrogens is 659 g/mol. The predicted octanol–water partition coefficient (Wildman–Crippen LogP) is 7.72. The number of aromatic nitrogens is 1. The first-order valence-electron chi connectivity index (χ1n) is 15.6.